The number of hydrogen-bond donors (Lipinski definition) is 2. The first-order valence-electron chi connectivity index (χ1n) is 6.85. The van der Waals surface area contributed by atoms with Crippen LogP contribution in [0.15, 0.2) is 78.9 Å². The molecule has 3 aromatic carbocycles. The van der Waals surface area contributed by atoms with Gasteiger partial charge >= 0.3 is 0 Å². The molecule has 0 aliphatic rings. The summed E-state index contributed by atoms with van der Waals surface area (Å²) in [6.45, 7) is 0. The molecular formula is C18H18NO3P. The largest absolute Gasteiger partial charge is 0.793 e. The minimum atomic E-state index is -3.98. The molecule has 0 saturated heterocycles. The minimum Gasteiger partial charge on any atom is -0.793 e. The fraction of sp³-hybridized carbons (Fsp3) is 0. The Morgan fingerprint density at radius 3 is 1.91 bits per heavy atom. The van der Waals surface area contributed by atoms with Crippen LogP contribution in [0.5, 0.6) is 5.75 Å². The molecule has 0 fully saturated rings. The van der Waals surface area contributed by atoms with Gasteiger partial charge in [-0.1, -0.05) is 72.8 Å². The van der Waals surface area contributed by atoms with Crippen LogP contribution in [0, 0.1) is 0 Å². The highest BCUT2D eigenvalue weighted by atomic mass is 31.2. The number of rotatable bonds is 3. The Hall–Kier alpha value is -2.39. The molecule has 0 saturated carbocycles. The van der Waals surface area contributed by atoms with E-state index in [0.29, 0.717) is 11.1 Å². The molecule has 0 heterocycles. The summed E-state index contributed by atoms with van der Waals surface area (Å²) in [6, 6.07) is 21.8. The van der Waals surface area contributed by atoms with E-state index in [1.807, 2.05) is 0 Å². The third kappa shape index (κ3) is 3.20. The first-order valence-corrected chi connectivity index (χ1v) is 8.48. The zero-order valence-corrected chi connectivity index (χ0v) is 13.6. The molecule has 4 nitrogen and oxygen atoms in total. The van der Waals surface area contributed by atoms with Crippen molar-refractivity contribution in [2.24, 2.45) is 0 Å². The molecule has 0 radical (unpaired) electrons. The average molecular weight is 327 g/mol. The van der Waals surface area contributed by atoms with Crippen LogP contribution < -0.4 is 21.7 Å². The molecule has 0 aliphatic heterocycles. The van der Waals surface area contributed by atoms with E-state index in [1.54, 1.807) is 78.9 Å². The van der Waals surface area contributed by atoms with Gasteiger partial charge in [0.15, 0.2) is 0 Å². The van der Waals surface area contributed by atoms with Crippen LogP contribution in [0.3, 0.4) is 0 Å². The maximum Gasteiger partial charge on any atom is 0.123 e. The fourth-order valence-electron chi connectivity index (χ4n) is 2.42. The van der Waals surface area contributed by atoms with Gasteiger partial charge in [-0.2, -0.15) is 0 Å². The maximum atomic E-state index is 12.9. The Bertz CT molecular complexity index is 850. The Morgan fingerprint density at radius 2 is 1.26 bits per heavy atom. The van der Waals surface area contributed by atoms with E-state index in [1.165, 1.54) is 0 Å². The molecule has 5 N–H and O–H groups in total. The first-order chi connectivity index (χ1) is 10.6. The number of hydrogen-bond acceptors (Lipinski definition) is 3. The standard InChI is InChI=1S/C18H15O3P.H3N/c19-17-12-6-4-10-15(17)16-11-5-7-13-18(16)22(20,21)14-8-2-1-3-9-14;/h1-13,19H,(H,20,21);1H3. The zero-order chi connectivity index (χ0) is 15.6. The van der Waals surface area contributed by atoms with Crippen LogP contribution in [0.1, 0.15) is 0 Å². The van der Waals surface area contributed by atoms with Gasteiger partial charge in [0.1, 0.15) is 5.75 Å². The highest BCUT2D eigenvalue weighted by Gasteiger charge is 2.19. The third-order valence-electron chi connectivity index (χ3n) is 3.51. The second kappa shape index (κ2) is 6.80. The molecule has 3 aromatic rings. The SMILES string of the molecule is O=P([O-])(c1ccccc1)c1ccccc1-c1ccccc1O.[NH4+]. The Morgan fingerprint density at radius 1 is 0.739 bits per heavy atom. The number of aromatic hydroxyl groups is 1. The lowest BCUT2D eigenvalue weighted by Crippen LogP contribution is -2.26. The zero-order valence-electron chi connectivity index (χ0n) is 12.7. The van der Waals surface area contributed by atoms with Crippen molar-refractivity contribution >= 4 is 18.0 Å². The van der Waals surface area contributed by atoms with Crippen LogP contribution >= 0.6 is 7.37 Å². The fourth-order valence-corrected chi connectivity index (χ4v) is 4.06. The summed E-state index contributed by atoms with van der Waals surface area (Å²) in [5.74, 6) is 0.0583. The minimum absolute atomic E-state index is 0. The molecule has 0 aliphatic carbocycles. The number of quaternary nitrogens is 1. The molecule has 23 heavy (non-hydrogen) atoms. The van der Waals surface area contributed by atoms with Gasteiger partial charge in [0.2, 0.25) is 0 Å². The summed E-state index contributed by atoms with van der Waals surface area (Å²) in [5, 5.41) is 10.5. The quantitative estimate of drug-likeness (QED) is 0.724. The van der Waals surface area contributed by atoms with Gasteiger partial charge < -0.3 is 20.7 Å². The Balaban J connectivity index is 0.00000192. The summed E-state index contributed by atoms with van der Waals surface area (Å²) in [6.07, 6.45) is 0. The topological polar surface area (TPSA) is 96.9 Å². The van der Waals surface area contributed by atoms with E-state index < -0.39 is 7.37 Å². The summed E-state index contributed by atoms with van der Waals surface area (Å²) in [4.78, 5) is 12.9. The van der Waals surface area contributed by atoms with Crippen molar-refractivity contribution in [1.82, 2.24) is 6.15 Å². The predicted octanol–water partition coefficient (Wildman–Crippen LogP) is 3.02. The average Bonchev–Trinajstić information content (AvgIpc) is 2.56. The molecule has 0 aromatic heterocycles. The van der Waals surface area contributed by atoms with Crippen molar-refractivity contribution < 1.29 is 14.6 Å². The number of phenolic OH excluding ortho intramolecular Hbond substituents is 1. The van der Waals surface area contributed by atoms with E-state index in [9.17, 15) is 14.6 Å². The summed E-state index contributed by atoms with van der Waals surface area (Å²) < 4.78 is 12.9. The predicted molar refractivity (Wildman–Crippen MR) is 92.8 cm³/mol. The highest BCUT2D eigenvalue weighted by Crippen LogP contribution is 2.39. The van der Waals surface area contributed by atoms with Gasteiger partial charge in [-0.25, -0.2) is 0 Å². The van der Waals surface area contributed by atoms with Crippen molar-refractivity contribution in [2.45, 2.75) is 0 Å². The van der Waals surface area contributed by atoms with Crippen molar-refractivity contribution in [3.8, 4) is 16.9 Å². The van der Waals surface area contributed by atoms with Gasteiger partial charge in [-0.3, -0.25) is 0 Å². The van der Waals surface area contributed by atoms with Gasteiger partial charge in [-0.15, -0.1) is 0 Å². The molecule has 118 valence electrons. The van der Waals surface area contributed by atoms with Gasteiger partial charge in [0.25, 0.3) is 0 Å². The van der Waals surface area contributed by atoms with Crippen LogP contribution in [0.2, 0.25) is 0 Å². The summed E-state index contributed by atoms with van der Waals surface area (Å²) >= 11 is 0. The van der Waals surface area contributed by atoms with Crippen molar-refractivity contribution in [2.75, 3.05) is 0 Å². The van der Waals surface area contributed by atoms with Crippen LogP contribution in [-0.4, -0.2) is 5.11 Å². The van der Waals surface area contributed by atoms with E-state index in [4.69, 9.17) is 0 Å². The smallest absolute Gasteiger partial charge is 0.123 e. The lowest BCUT2D eigenvalue weighted by atomic mass is 10.0. The van der Waals surface area contributed by atoms with Gasteiger partial charge in [-0.05, 0) is 11.6 Å². The van der Waals surface area contributed by atoms with Crippen LogP contribution in [0.25, 0.3) is 11.1 Å². The van der Waals surface area contributed by atoms with Crippen molar-refractivity contribution in [1.29, 1.82) is 0 Å². The lowest BCUT2D eigenvalue weighted by Gasteiger charge is -2.27. The van der Waals surface area contributed by atoms with E-state index in [-0.39, 0.29) is 22.5 Å². The van der Waals surface area contributed by atoms with Crippen LogP contribution in [0.4, 0.5) is 0 Å². The molecule has 1 unspecified atom stereocenters. The number of phenols is 1. The second-order valence-corrected chi connectivity index (χ2v) is 7.02. The third-order valence-corrected chi connectivity index (χ3v) is 5.51. The second-order valence-electron chi connectivity index (χ2n) is 4.92. The number of para-hydroxylation sites is 1. The molecule has 1 atom stereocenters. The van der Waals surface area contributed by atoms with Gasteiger partial charge in [0, 0.05) is 16.2 Å². The molecule has 0 spiro atoms. The lowest BCUT2D eigenvalue weighted by molar-refractivity contribution is -0.167. The van der Waals surface area contributed by atoms with Crippen molar-refractivity contribution in [3.05, 3.63) is 78.9 Å². The van der Waals surface area contributed by atoms with E-state index >= 15 is 0 Å². The van der Waals surface area contributed by atoms with Crippen LogP contribution in [-0.2, 0) is 4.57 Å². The first kappa shape index (κ1) is 17.0. The maximum absolute atomic E-state index is 12.9. The monoisotopic (exact) mass is 327 g/mol. The highest BCUT2D eigenvalue weighted by molar-refractivity contribution is 7.72. The summed E-state index contributed by atoms with van der Waals surface area (Å²) in [7, 11) is -3.98. The molecule has 0 amide bonds. The Labute approximate surface area is 135 Å². The normalized spacial score (nSPS) is 12.9. The molecule has 3 rings (SSSR count). The van der Waals surface area contributed by atoms with E-state index in [2.05, 4.69) is 0 Å². The van der Waals surface area contributed by atoms with E-state index in [0.717, 1.165) is 0 Å². The summed E-state index contributed by atoms with van der Waals surface area (Å²) in [5.41, 5.74) is 1.01. The Kier molecular flexibility index (Phi) is 5.02. The van der Waals surface area contributed by atoms with Gasteiger partial charge in [0.05, 0.1) is 7.37 Å². The number of benzene rings is 3. The molecule has 0 bridgehead atoms. The molecular weight excluding hydrogens is 309 g/mol. The molecule has 5 heteroatoms. The van der Waals surface area contributed by atoms with Crippen molar-refractivity contribution in [3.63, 3.8) is 0 Å².